The van der Waals surface area contributed by atoms with Crippen LogP contribution in [0.25, 0.3) is 0 Å². The van der Waals surface area contributed by atoms with Gasteiger partial charge in [0, 0.05) is 6.04 Å². The summed E-state index contributed by atoms with van der Waals surface area (Å²) in [6, 6.07) is 15.7. The molecule has 0 bridgehead atoms. The molecule has 124 valence electrons. The summed E-state index contributed by atoms with van der Waals surface area (Å²) in [5, 5.41) is 0. The maximum atomic E-state index is 12.6. The molecule has 1 N–H and O–H groups in total. The first-order chi connectivity index (χ1) is 10.9. The zero-order valence-corrected chi connectivity index (χ0v) is 14.5. The summed E-state index contributed by atoms with van der Waals surface area (Å²) < 4.78 is 33.2. The second-order valence-corrected chi connectivity index (χ2v) is 7.60. The summed E-state index contributed by atoms with van der Waals surface area (Å²) in [4.78, 5) is 0.280. The summed E-state index contributed by atoms with van der Waals surface area (Å²) in [6.07, 6.45) is 0.721. The van der Waals surface area contributed by atoms with Gasteiger partial charge in [0.25, 0.3) is 0 Å². The van der Waals surface area contributed by atoms with Gasteiger partial charge in [-0.15, -0.1) is 0 Å². The fraction of sp³-hybridized carbons (Fsp3) is 0.333. The number of hydrogen-bond acceptors (Lipinski definition) is 3. The number of ether oxygens (including phenoxy) is 1. The van der Waals surface area contributed by atoms with Crippen LogP contribution in [-0.2, 0) is 10.0 Å². The van der Waals surface area contributed by atoms with Gasteiger partial charge in [0.2, 0.25) is 10.0 Å². The molecule has 0 aliphatic heterocycles. The van der Waals surface area contributed by atoms with Gasteiger partial charge in [-0.2, -0.15) is 0 Å². The Morgan fingerprint density at radius 3 is 2.13 bits per heavy atom. The van der Waals surface area contributed by atoms with Crippen molar-refractivity contribution in [2.75, 3.05) is 7.11 Å². The second kappa shape index (κ2) is 7.62. The minimum absolute atomic E-state index is 0.272. The Morgan fingerprint density at radius 2 is 1.61 bits per heavy atom. The second-order valence-electron chi connectivity index (χ2n) is 5.89. The van der Waals surface area contributed by atoms with Gasteiger partial charge in [-0.1, -0.05) is 44.2 Å². The van der Waals surface area contributed by atoms with Gasteiger partial charge in [-0.25, -0.2) is 13.1 Å². The molecule has 0 amide bonds. The normalized spacial score (nSPS) is 13.0. The fourth-order valence-corrected chi connectivity index (χ4v) is 3.67. The molecule has 23 heavy (non-hydrogen) atoms. The van der Waals surface area contributed by atoms with Crippen LogP contribution in [0.1, 0.15) is 31.9 Å². The van der Waals surface area contributed by atoms with E-state index in [1.807, 2.05) is 24.3 Å². The van der Waals surface area contributed by atoms with Crippen molar-refractivity contribution in [3.63, 3.8) is 0 Å². The maximum absolute atomic E-state index is 12.6. The van der Waals surface area contributed by atoms with Crippen molar-refractivity contribution in [2.45, 2.75) is 31.2 Å². The summed E-state index contributed by atoms with van der Waals surface area (Å²) in [5.74, 6) is 1.11. The van der Waals surface area contributed by atoms with E-state index < -0.39 is 10.0 Å². The Balaban J connectivity index is 2.28. The molecule has 0 saturated heterocycles. The number of nitrogens with one attached hydrogen (secondary N) is 1. The van der Waals surface area contributed by atoms with E-state index in [1.165, 1.54) is 0 Å². The largest absolute Gasteiger partial charge is 0.497 e. The number of hydrogen-bond donors (Lipinski definition) is 1. The van der Waals surface area contributed by atoms with E-state index in [4.69, 9.17) is 4.74 Å². The van der Waals surface area contributed by atoms with E-state index in [-0.39, 0.29) is 10.9 Å². The highest BCUT2D eigenvalue weighted by Gasteiger charge is 2.22. The number of sulfonamides is 1. The number of benzene rings is 2. The van der Waals surface area contributed by atoms with Gasteiger partial charge >= 0.3 is 0 Å². The van der Waals surface area contributed by atoms with Crippen LogP contribution in [0.3, 0.4) is 0 Å². The van der Waals surface area contributed by atoms with E-state index in [1.54, 1.807) is 37.4 Å². The van der Waals surface area contributed by atoms with E-state index in [2.05, 4.69) is 18.6 Å². The van der Waals surface area contributed by atoms with E-state index in [9.17, 15) is 8.42 Å². The third kappa shape index (κ3) is 4.81. The highest BCUT2D eigenvalue weighted by molar-refractivity contribution is 7.89. The average molecular weight is 333 g/mol. The lowest BCUT2D eigenvalue weighted by molar-refractivity contribution is 0.414. The third-order valence-electron chi connectivity index (χ3n) is 3.58. The van der Waals surface area contributed by atoms with Gasteiger partial charge in [-0.3, -0.25) is 0 Å². The highest BCUT2D eigenvalue weighted by atomic mass is 32.2. The van der Waals surface area contributed by atoms with Crippen molar-refractivity contribution < 1.29 is 13.2 Å². The smallest absolute Gasteiger partial charge is 0.241 e. The maximum Gasteiger partial charge on any atom is 0.241 e. The Hall–Kier alpha value is -1.85. The van der Waals surface area contributed by atoms with Crippen molar-refractivity contribution in [3.05, 3.63) is 60.2 Å². The van der Waals surface area contributed by atoms with Gasteiger partial charge in [0.1, 0.15) is 5.75 Å². The number of rotatable bonds is 7. The Morgan fingerprint density at radius 1 is 1.00 bits per heavy atom. The van der Waals surface area contributed by atoms with Gasteiger partial charge in [0.15, 0.2) is 0 Å². The van der Waals surface area contributed by atoms with Crippen molar-refractivity contribution in [1.82, 2.24) is 4.72 Å². The van der Waals surface area contributed by atoms with Crippen LogP contribution in [0, 0.1) is 5.92 Å². The predicted molar refractivity (Wildman–Crippen MR) is 92.0 cm³/mol. The van der Waals surface area contributed by atoms with E-state index >= 15 is 0 Å². The Kier molecular flexibility index (Phi) is 5.80. The van der Waals surface area contributed by atoms with Crippen LogP contribution >= 0.6 is 0 Å². The van der Waals surface area contributed by atoms with Crippen molar-refractivity contribution in [2.24, 2.45) is 5.92 Å². The van der Waals surface area contributed by atoms with Crippen molar-refractivity contribution >= 4 is 10.0 Å². The van der Waals surface area contributed by atoms with Crippen LogP contribution in [0.4, 0.5) is 0 Å². The van der Waals surface area contributed by atoms with E-state index in [0.29, 0.717) is 5.92 Å². The molecule has 0 fully saturated rings. The molecule has 0 heterocycles. The fourth-order valence-electron chi connectivity index (χ4n) is 2.41. The van der Waals surface area contributed by atoms with Gasteiger partial charge < -0.3 is 4.74 Å². The molecule has 2 rings (SSSR count). The standard InChI is InChI=1S/C18H23NO3S/c1-14(2)13-18(15-9-11-16(22-3)12-10-15)19-23(20,21)17-7-5-4-6-8-17/h4-12,14,18-19H,13H2,1-3H3/t18-/m1/s1. The summed E-state index contributed by atoms with van der Waals surface area (Å²) in [5.41, 5.74) is 0.930. The molecule has 0 radical (unpaired) electrons. The zero-order chi connectivity index (χ0) is 16.9. The van der Waals surface area contributed by atoms with Crippen LogP contribution in [0.2, 0.25) is 0 Å². The molecule has 0 aromatic heterocycles. The first-order valence-corrected chi connectivity index (χ1v) is 9.12. The monoisotopic (exact) mass is 333 g/mol. The Bertz CT molecular complexity index is 710. The molecule has 0 saturated carbocycles. The van der Waals surface area contributed by atoms with Gasteiger partial charge in [-0.05, 0) is 42.2 Å². The average Bonchev–Trinajstić information content (AvgIpc) is 2.54. The molecular weight excluding hydrogens is 310 g/mol. The van der Waals surface area contributed by atoms with Crippen LogP contribution in [-0.4, -0.2) is 15.5 Å². The lowest BCUT2D eigenvalue weighted by Gasteiger charge is -2.21. The number of methoxy groups -OCH3 is 1. The lowest BCUT2D eigenvalue weighted by atomic mass is 9.98. The van der Waals surface area contributed by atoms with Crippen molar-refractivity contribution in [1.29, 1.82) is 0 Å². The molecule has 0 spiro atoms. The molecule has 5 heteroatoms. The van der Waals surface area contributed by atoms with Crippen molar-refractivity contribution in [3.8, 4) is 5.75 Å². The first-order valence-electron chi connectivity index (χ1n) is 7.63. The minimum atomic E-state index is -3.55. The van der Waals surface area contributed by atoms with Crippen LogP contribution in [0.15, 0.2) is 59.5 Å². The molecule has 1 atom stereocenters. The summed E-state index contributed by atoms with van der Waals surface area (Å²) >= 11 is 0. The quantitative estimate of drug-likeness (QED) is 0.839. The third-order valence-corrected chi connectivity index (χ3v) is 5.06. The molecular formula is C18H23NO3S. The first kappa shape index (κ1) is 17.5. The molecule has 2 aromatic rings. The molecule has 2 aromatic carbocycles. The van der Waals surface area contributed by atoms with Gasteiger partial charge in [0.05, 0.1) is 12.0 Å². The summed E-state index contributed by atoms with van der Waals surface area (Å²) in [7, 11) is -1.94. The molecule has 0 unspecified atom stereocenters. The molecule has 0 aliphatic carbocycles. The van der Waals surface area contributed by atoms with Crippen LogP contribution < -0.4 is 9.46 Å². The zero-order valence-electron chi connectivity index (χ0n) is 13.7. The lowest BCUT2D eigenvalue weighted by Crippen LogP contribution is -2.29. The SMILES string of the molecule is COc1ccc([C@@H](CC(C)C)NS(=O)(=O)c2ccccc2)cc1. The molecule has 0 aliphatic rings. The van der Waals surface area contributed by atoms with E-state index in [0.717, 1.165) is 17.7 Å². The minimum Gasteiger partial charge on any atom is -0.497 e. The Labute approximate surface area is 138 Å². The van der Waals surface area contributed by atoms with Crippen LogP contribution in [0.5, 0.6) is 5.75 Å². The highest BCUT2D eigenvalue weighted by Crippen LogP contribution is 2.25. The predicted octanol–water partition coefficient (Wildman–Crippen LogP) is 3.76. The topological polar surface area (TPSA) is 55.4 Å². The summed E-state index contributed by atoms with van der Waals surface area (Å²) in [6.45, 7) is 4.15. The molecule has 4 nitrogen and oxygen atoms in total.